The predicted molar refractivity (Wildman–Crippen MR) is 114 cm³/mol. The van der Waals surface area contributed by atoms with Crippen LogP contribution >= 0.6 is 23.4 Å². The highest BCUT2D eigenvalue weighted by Gasteiger charge is 2.28. The molecule has 3 amide bonds. The fraction of sp³-hybridized carbons (Fsp3) is 0.500. The van der Waals surface area contributed by atoms with E-state index in [0.29, 0.717) is 22.0 Å². The molecule has 0 aliphatic heterocycles. The molecule has 1 aliphatic rings. The summed E-state index contributed by atoms with van der Waals surface area (Å²) >= 11 is 7.41. The van der Waals surface area contributed by atoms with Crippen molar-refractivity contribution < 1.29 is 9.59 Å². The fourth-order valence-electron chi connectivity index (χ4n) is 3.51. The first kappa shape index (κ1) is 21.6. The van der Waals surface area contributed by atoms with Gasteiger partial charge in [-0.2, -0.15) is 0 Å². The van der Waals surface area contributed by atoms with E-state index in [4.69, 9.17) is 11.6 Å². The van der Waals surface area contributed by atoms with Crippen molar-refractivity contribution in [1.29, 1.82) is 0 Å². The minimum atomic E-state index is -0.437. The van der Waals surface area contributed by atoms with Crippen LogP contribution in [0.1, 0.15) is 38.7 Å². The van der Waals surface area contributed by atoms with Crippen LogP contribution in [0.15, 0.2) is 29.7 Å². The molecule has 0 saturated heterocycles. The van der Waals surface area contributed by atoms with E-state index in [2.05, 4.69) is 34.7 Å². The number of benzene rings is 1. The van der Waals surface area contributed by atoms with Crippen molar-refractivity contribution >= 4 is 35.3 Å². The normalized spacial score (nSPS) is 21.6. The molecule has 1 aliphatic carbocycles. The van der Waals surface area contributed by atoms with Gasteiger partial charge in [-0.1, -0.05) is 56.1 Å². The molecule has 1 heterocycles. The summed E-state index contributed by atoms with van der Waals surface area (Å²) < 4.78 is 1.76. The number of hydrogen-bond acceptors (Lipinski definition) is 5. The molecule has 2 N–H and O–H groups in total. The van der Waals surface area contributed by atoms with E-state index in [9.17, 15) is 9.59 Å². The van der Waals surface area contributed by atoms with Crippen molar-refractivity contribution in [3.63, 3.8) is 0 Å². The lowest BCUT2D eigenvalue weighted by atomic mass is 9.78. The summed E-state index contributed by atoms with van der Waals surface area (Å²) in [6.07, 6.45) is 4.80. The van der Waals surface area contributed by atoms with Gasteiger partial charge in [-0.15, -0.1) is 10.2 Å². The number of aryl methyl sites for hydroxylation is 1. The first-order valence-electron chi connectivity index (χ1n) is 9.75. The maximum Gasteiger partial charge on any atom is 0.321 e. The number of hydrogen-bond donors (Lipinski definition) is 2. The van der Waals surface area contributed by atoms with Gasteiger partial charge in [-0.05, 0) is 42.9 Å². The number of thioether (sulfide) groups is 1. The van der Waals surface area contributed by atoms with Gasteiger partial charge in [-0.3, -0.25) is 14.7 Å². The Hall–Kier alpha value is -2.06. The molecule has 1 saturated carbocycles. The molecule has 7 nitrogen and oxygen atoms in total. The Morgan fingerprint density at radius 2 is 2.10 bits per heavy atom. The zero-order valence-electron chi connectivity index (χ0n) is 16.8. The quantitative estimate of drug-likeness (QED) is 0.693. The molecule has 3 unspecified atom stereocenters. The Morgan fingerprint density at radius 3 is 2.86 bits per heavy atom. The van der Waals surface area contributed by atoms with Gasteiger partial charge in [-0.25, -0.2) is 4.79 Å². The van der Waals surface area contributed by atoms with E-state index in [1.807, 2.05) is 25.1 Å². The number of nitrogens with one attached hydrogen (secondary N) is 2. The third-order valence-corrected chi connectivity index (χ3v) is 6.91. The molecule has 1 aromatic heterocycles. The predicted octanol–water partition coefficient (Wildman–Crippen LogP) is 3.97. The van der Waals surface area contributed by atoms with Crippen LogP contribution in [0.3, 0.4) is 0 Å². The Kier molecular flexibility index (Phi) is 7.18. The standard InChI is InChI=1S/C20H26ClN5O2S/c1-12-5-4-6-17(14(12)3)23-19(28)24-18(27)10-29-20-25-22-11-26(20)15-8-7-13(2)16(21)9-15/h7-9,11-12,14,17H,4-6,10H2,1-3H3,(H2,23,24,27,28). The number of aromatic nitrogens is 3. The number of carbonyl (C=O) groups is 2. The Morgan fingerprint density at radius 1 is 1.31 bits per heavy atom. The number of amides is 3. The Bertz CT molecular complexity index is 888. The van der Waals surface area contributed by atoms with Gasteiger partial charge in [0.05, 0.1) is 11.4 Å². The van der Waals surface area contributed by atoms with Gasteiger partial charge in [0, 0.05) is 11.1 Å². The van der Waals surface area contributed by atoms with Crippen LogP contribution in [0.2, 0.25) is 5.02 Å². The van der Waals surface area contributed by atoms with E-state index in [-0.39, 0.29) is 17.7 Å². The summed E-state index contributed by atoms with van der Waals surface area (Å²) in [6.45, 7) is 6.28. The van der Waals surface area contributed by atoms with E-state index in [0.717, 1.165) is 24.1 Å². The zero-order chi connectivity index (χ0) is 21.0. The second-order valence-electron chi connectivity index (χ2n) is 7.60. The first-order chi connectivity index (χ1) is 13.8. The zero-order valence-corrected chi connectivity index (χ0v) is 18.4. The minimum Gasteiger partial charge on any atom is -0.335 e. The molecule has 9 heteroatoms. The molecular formula is C20H26ClN5O2S. The number of urea groups is 1. The van der Waals surface area contributed by atoms with E-state index >= 15 is 0 Å². The second kappa shape index (κ2) is 9.63. The van der Waals surface area contributed by atoms with Gasteiger partial charge in [0.1, 0.15) is 6.33 Å². The average molecular weight is 436 g/mol. The largest absolute Gasteiger partial charge is 0.335 e. The molecule has 2 aromatic rings. The van der Waals surface area contributed by atoms with Crippen molar-refractivity contribution in [1.82, 2.24) is 25.4 Å². The van der Waals surface area contributed by atoms with Crippen molar-refractivity contribution in [3.8, 4) is 5.69 Å². The fourth-order valence-corrected chi connectivity index (χ4v) is 4.42. The summed E-state index contributed by atoms with van der Waals surface area (Å²) in [6, 6.07) is 5.32. The summed E-state index contributed by atoms with van der Waals surface area (Å²) in [7, 11) is 0. The maximum atomic E-state index is 12.2. The van der Waals surface area contributed by atoms with E-state index < -0.39 is 6.03 Å². The summed E-state index contributed by atoms with van der Waals surface area (Å²) in [4.78, 5) is 24.4. The number of carbonyl (C=O) groups excluding carboxylic acids is 2. The monoisotopic (exact) mass is 435 g/mol. The van der Waals surface area contributed by atoms with Gasteiger partial charge in [0.15, 0.2) is 5.16 Å². The van der Waals surface area contributed by atoms with Gasteiger partial charge in [0.2, 0.25) is 5.91 Å². The third-order valence-electron chi connectivity index (χ3n) is 5.56. The number of rotatable bonds is 5. The smallest absolute Gasteiger partial charge is 0.321 e. The Balaban J connectivity index is 1.53. The van der Waals surface area contributed by atoms with Gasteiger partial charge in [0.25, 0.3) is 0 Å². The molecular weight excluding hydrogens is 410 g/mol. The van der Waals surface area contributed by atoms with Crippen LogP contribution in [-0.2, 0) is 4.79 Å². The molecule has 1 aromatic carbocycles. The lowest BCUT2D eigenvalue weighted by Crippen LogP contribution is -2.49. The molecule has 3 atom stereocenters. The van der Waals surface area contributed by atoms with Gasteiger partial charge >= 0.3 is 6.03 Å². The molecule has 0 bridgehead atoms. The molecule has 0 radical (unpaired) electrons. The number of nitrogens with zero attached hydrogens (tertiary/aromatic N) is 3. The van der Waals surface area contributed by atoms with Crippen LogP contribution in [-0.4, -0.2) is 38.5 Å². The molecule has 156 valence electrons. The number of halogens is 1. The van der Waals surface area contributed by atoms with Crippen LogP contribution in [0.5, 0.6) is 0 Å². The lowest BCUT2D eigenvalue weighted by Gasteiger charge is -2.34. The summed E-state index contributed by atoms with van der Waals surface area (Å²) in [5.41, 5.74) is 1.79. The minimum absolute atomic E-state index is 0.0579. The average Bonchev–Trinajstić information content (AvgIpc) is 3.14. The number of imide groups is 1. The van der Waals surface area contributed by atoms with Gasteiger partial charge < -0.3 is 5.32 Å². The SMILES string of the molecule is Cc1ccc(-n2cnnc2SCC(=O)NC(=O)NC2CCCC(C)C2C)cc1Cl. The molecule has 3 rings (SSSR count). The second-order valence-corrected chi connectivity index (χ2v) is 8.95. The maximum absolute atomic E-state index is 12.2. The van der Waals surface area contributed by atoms with Crippen molar-refractivity contribution in [2.45, 2.75) is 51.2 Å². The third kappa shape index (κ3) is 5.51. The van der Waals surface area contributed by atoms with Crippen molar-refractivity contribution in [2.75, 3.05) is 5.75 Å². The topological polar surface area (TPSA) is 88.9 Å². The highest BCUT2D eigenvalue weighted by Crippen LogP contribution is 2.29. The van der Waals surface area contributed by atoms with Crippen LogP contribution < -0.4 is 10.6 Å². The van der Waals surface area contributed by atoms with Crippen molar-refractivity contribution in [2.24, 2.45) is 11.8 Å². The molecule has 1 fully saturated rings. The first-order valence-corrected chi connectivity index (χ1v) is 11.1. The molecule has 29 heavy (non-hydrogen) atoms. The van der Waals surface area contributed by atoms with Crippen LogP contribution in [0.4, 0.5) is 4.79 Å². The lowest BCUT2D eigenvalue weighted by molar-refractivity contribution is -0.117. The van der Waals surface area contributed by atoms with Crippen molar-refractivity contribution in [3.05, 3.63) is 35.1 Å². The highest BCUT2D eigenvalue weighted by atomic mass is 35.5. The summed E-state index contributed by atoms with van der Waals surface area (Å²) in [5, 5.41) is 14.5. The van der Waals surface area contributed by atoms with Crippen LogP contribution in [0.25, 0.3) is 5.69 Å². The molecule has 0 spiro atoms. The van der Waals surface area contributed by atoms with Crippen LogP contribution in [0, 0.1) is 18.8 Å². The highest BCUT2D eigenvalue weighted by molar-refractivity contribution is 7.99. The van der Waals surface area contributed by atoms with E-state index in [1.54, 1.807) is 10.9 Å². The Labute approximate surface area is 180 Å². The summed E-state index contributed by atoms with van der Waals surface area (Å²) in [5.74, 6) is 0.656. The van der Waals surface area contributed by atoms with E-state index in [1.165, 1.54) is 18.2 Å².